The highest BCUT2D eigenvalue weighted by molar-refractivity contribution is 5.76. The molecular weight excluding hydrogens is 823 g/mol. The molecule has 0 aliphatic carbocycles. The van der Waals surface area contributed by atoms with E-state index in [1.54, 1.807) is 6.08 Å². The molecule has 2 saturated heterocycles. The second-order valence-electron chi connectivity index (χ2n) is 16.8. The number of carbonyl (C=O) groups excluding carboxylic acids is 1. The minimum atomic E-state index is -1.80. The van der Waals surface area contributed by atoms with Crippen LogP contribution in [0.1, 0.15) is 142 Å². The highest BCUT2D eigenvalue weighted by atomic mass is 16.7. The van der Waals surface area contributed by atoms with Crippen LogP contribution in [-0.4, -0.2) is 140 Å². The molecule has 2 rings (SSSR count). The van der Waals surface area contributed by atoms with E-state index < -0.39 is 86.8 Å². The molecule has 0 spiro atoms. The Morgan fingerprint density at radius 1 is 0.578 bits per heavy atom. The van der Waals surface area contributed by atoms with Crippen LogP contribution in [0.5, 0.6) is 0 Å². The van der Waals surface area contributed by atoms with Gasteiger partial charge in [-0.3, -0.25) is 4.79 Å². The summed E-state index contributed by atoms with van der Waals surface area (Å²) >= 11 is 0. The summed E-state index contributed by atoms with van der Waals surface area (Å²) in [6.07, 6.45) is 28.1. The third-order valence-electron chi connectivity index (χ3n) is 11.4. The molecule has 0 radical (unpaired) electrons. The SMILES string of the molecule is CC/C=C\C/C=C\C/C=C\C/C=C\CCCCC(=O)NC(COC1OC(CO)C(OC2OC(CO)C(O)C(O)C2O)C(O)C1O)C(O)/C=C/CC/C=C/CCCCCCCCCCC. The monoisotopic (exact) mass is 908 g/mol. The fraction of sp³-hybridized carbons (Fsp3) is 0.740. The molecule has 2 heterocycles. The first-order valence-electron chi connectivity index (χ1n) is 24.2. The maximum atomic E-state index is 13.1. The van der Waals surface area contributed by atoms with Gasteiger partial charge in [-0.25, -0.2) is 0 Å². The van der Waals surface area contributed by atoms with Gasteiger partial charge in [0, 0.05) is 6.42 Å². The van der Waals surface area contributed by atoms with Crippen LogP contribution in [0.25, 0.3) is 0 Å². The van der Waals surface area contributed by atoms with Gasteiger partial charge in [0.15, 0.2) is 12.6 Å². The summed E-state index contributed by atoms with van der Waals surface area (Å²) in [5.74, 6) is -0.294. The quantitative estimate of drug-likeness (QED) is 0.0277. The van der Waals surface area contributed by atoms with Crippen molar-refractivity contribution in [3.05, 3.63) is 72.9 Å². The van der Waals surface area contributed by atoms with Crippen molar-refractivity contribution in [2.24, 2.45) is 0 Å². The van der Waals surface area contributed by atoms with Crippen molar-refractivity contribution in [3.8, 4) is 0 Å². The highest BCUT2D eigenvalue weighted by Gasteiger charge is 2.51. The molecule has 2 aliphatic rings. The van der Waals surface area contributed by atoms with Gasteiger partial charge in [-0.15, -0.1) is 0 Å². The molecule has 0 saturated carbocycles. The highest BCUT2D eigenvalue weighted by Crippen LogP contribution is 2.30. The minimum Gasteiger partial charge on any atom is -0.394 e. The number of hydrogen-bond acceptors (Lipinski definition) is 13. The van der Waals surface area contributed by atoms with E-state index in [1.165, 1.54) is 57.8 Å². The number of ether oxygens (including phenoxy) is 4. The second-order valence-corrected chi connectivity index (χ2v) is 16.8. The lowest BCUT2D eigenvalue weighted by Crippen LogP contribution is -2.65. The normalized spacial score (nSPS) is 27.9. The van der Waals surface area contributed by atoms with Gasteiger partial charge in [0.05, 0.1) is 32.0 Å². The summed E-state index contributed by atoms with van der Waals surface area (Å²) in [7, 11) is 0. The third kappa shape index (κ3) is 23.7. The van der Waals surface area contributed by atoms with E-state index in [0.717, 1.165) is 51.4 Å². The minimum absolute atomic E-state index is 0.217. The molecule has 9 N–H and O–H groups in total. The van der Waals surface area contributed by atoms with Crippen molar-refractivity contribution >= 4 is 5.91 Å². The average Bonchev–Trinajstić information content (AvgIpc) is 3.29. The average molecular weight is 908 g/mol. The Morgan fingerprint density at radius 3 is 1.72 bits per heavy atom. The fourth-order valence-electron chi connectivity index (χ4n) is 7.41. The lowest BCUT2D eigenvalue weighted by atomic mass is 9.97. The van der Waals surface area contributed by atoms with Gasteiger partial charge in [-0.2, -0.15) is 0 Å². The fourth-order valence-corrected chi connectivity index (χ4v) is 7.41. The van der Waals surface area contributed by atoms with Crippen LogP contribution < -0.4 is 5.32 Å². The molecule has 0 aromatic carbocycles. The van der Waals surface area contributed by atoms with E-state index in [2.05, 4.69) is 79.9 Å². The number of aliphatic hydroxyl groups excluding tert-OH is 8. The largest absolute Gasteiger partial charge is 0.394 e. The number of amides is 1. The zero-order valence-corrected chi connectivity index (χ0v) is 38.7. The molecule has 12 atom stereocenters. The number of allylic oxidation sites excluding steroid dienone is 11. The summed E-state index contributed by atoms with van der Waals surface area (Å²) in [5, 5.41) is 86.5. The molecule has 368 valence electrons. The summed E-state index contributed by atoms with van der Waals surface area (Å²) in [6, 6.07) is -0.955. The first kappa shape index (κ1) is 57.6. The molecule has 0 aromatic rings. The summed E-state index contributed by atoms with van der Waals surface area (Å²) < 4.78 is 22.6. The maximum absolute atomic E-state index is 13.1. The summed E-state index contributed by atoms with van der Waals surface area (Å²) in [4.78, 5) is 13.1. The summed E-state index contributed by atoms with van der Waals surface area (Å²) in [5.41, 5.74) is 0. The first-order valence-corrected chi connectivity index (χ1v) is 24.2. The van der Waals surface area contributed by atoms with Crippen molar-refractivity contribution in [2.45, 2.75) is 216 Å². The number of hydrogen-bond donors (Lipinski definition) is 9. The van der Waals surface area contributed by atoms with Crippen molar-refractivity contribution in [3.63, 3.8) is 0 Å². The van der Waals surface area contributed by atoms with Gasteiger partial charge >= 0.3 is 0 Å². The lowest BCUT2D eigenvalue weighted by molar-refractivity contribution is -0.359. The molecular formula is C50H85NO13. The van der Waals surface area contributed by atoms with E-state index in [0.29, 0.717) is 12.8 Å². The van der Waals surface area contributed by atoms with Crippen molar-refractivity contribution in [1.82, 2.24) is 5.32 Å². The molecule has 2 fully saturated rings. The van der Waals surface area contributed by atoms with Crippen LogP contribution in [0.4, 0.5) is 0 Å². The molecule has 2 aliphatic heterocycles. The van der Waals surface area contributed by atoms with Gasteiger partial charge in [0.1, 0.15) is 48.8 Å². The van der Waals surface area contributed by atoms with Gasteiger partial charge < -0.3 is 65.1 Å². The first-order chi connectivity index (χ1) is 31.1. The van der Waals surface area contributed by atoms with Crippen LogP contribution in [0.15, 0.2) is 72.9 Å². The van der Waals surface area contributed by atoms with Crippen LogP contribution in [0, 0.1) is 0 Å². The van der Waals surface area contributed by atoms with Crippen molar-refractivity contribution in [2.75, 3.05) is 19.8 Å². The third-order valence-corrected chi connectivity index (χ3v) is 11.4. The molecule has 0 bridgehead atoms. The Balaban J connectivity index is 1.92. The molecule has 64 heavy (non-hydrogen) atoms. The van der Waals surface area contributed by atoms with Crippen LogP contribution in [0.3, 0.4) is 0 Å². The van der Waals surface area contributed by atoms with Crippen LogP contribution >= 0.6 is 0 Å². The van der Waals surface area contributed by atoms with Crippen LogP contribution in [0.2, 0.25) is 0 Å². The molecule has 0 aromatic heterocycles. The van der Waals surface area contributed by atoms with Crippen LogP contribution in [-0.2, 0) is 23.7 Å². The Hall–Kier alpha value is -2.57. The topological polar surface area (TPSA) is 228 Å². The predicted molar refractivity (Wildman–Crippen MR) is 249 cm³/mol. The number of aliphatic hydroxyl groups is 8. The Labute approximate surface area is 383 Å². The Kier molecular flexibility index (Phi) is 32.9. The zero-order valence-electron chi connectivity index (χ0n) is 38.7. The number of nitrogens with one attached hydrogen (secondary N) is 1. The summed E-state index contributed by atoms with van der Waals surface area (Å²) in [6.45, 7) is 2.59. The van der Waals surface area contributed by atoms with Gasteiger partial charge in [-0.05, 0) is 70.6 Å². The Morgan fingerprint density at radius 2 is 1.09 bits per heavy atom. The van der Waals surface area contributed by atoms with E-state index in [1.807, 2.05) is 6.08 Å². The second kappa shape index (κ2) is 36.5. The predicted octanol–water partition coefficient (Wildman–Crippen LogP) is 5.65. The smallest absolute Gasteiger partial charge is 0.220 e. The van der Waals surface area contributed by atoms with Crippen molar-refractivity contribution in [1.29, 1.82) is 0 Å². The van der Waals surface area contributed by atoms with Gasteiger partial charge in [0.2, 0.25) is 5.91 Å². The Bertz CT molecular complexity index is 1350. The molecule has 1 amide bonds. The maximum Gasteiger partial charge on any atom is 0.220 e. The van der Waals surface area contributed by atoms with Crippen molar-refractivity contribution < 1.29 is 64.6 Å². The van der Waals surface area contributed by atoms with E-state index >= 15 is 0 Å². The van der Waals surface area contributed by atoms with E-state index in [-0.39, 0.29) is 18.9 Å². The zero-order chi connectivity index (χ0) is 46.8. The standard InChI is InChI=1S/C50H85NO13/c1-3-5-7-9-11-13-15-17-19-21-23-25-27-29-31-33-39(54)38(51-42(55)34-32-30-28-26-24-22-20-18-16-14-12-10-8-6-4-2)37-61-49-47(60)45(58)48(41(36-53)63-49)64-50-46(59)44(57)43(56)40(35-52)62-50/h6,8,12,14,18,20,23-26,31,33,38-41,43-50,52-54,56-60H,3-5,7,9-11,13,15-17,19,21-22,27-30,32,34-37H2,1-2H3,(H,51,55)/b8-6-,14-12-,20-18-,25-23+,26-24-,33-31+. The van der Waals surface area contributed by atoms with Gasteiger partial charge in [-0.1, -0.05) is 138 Å². The number of unbranched alkanes of at least 4 members (excludes halogenated alkanes) is 12. The lowest BCUT2D eigenvalue weighted by Gasteiger charge is -2.46. The van der Waals surface area contributed by atoms with E-state index in [9.17, 15) is 45.6 Å². The van der Waals surface area contributed by atoms with Gasteiger partial charge in [0.25, 0.3) is 0 Å². The molecule has 14 nitrogen and oxygen atoms in total. The van der Waals surface area contributed by atoms with E-state index in [4.69, 9.17) is 18.9 Å². The number of rotatable bonds is 35. The molecule has 14 heteroatoms. The molecule has 12 unspecified atom stereocenters. The number of carbonyl (C=O) groups is 1.